The molecule has 1 N–H and O–H groups in total. The molecule has 0 unspecified atom stereocenters. The summed E-state index contributed by atoms with van der Waals surface area (Å²) in [5.41, 5.74) is 0. The number of likely N-dealkylation sites (tertiary alicyclic amines) is 1. The fourth-order valence-corrected chi connectivity index (χ4v) is 3.62. The van der Waals surface area contributed by atoms with Gasteiger partial charge < -0.3 is 9.80 Å². The quantitative estimate of drug-likeness (QED) is 0.892. The normalized spacial score (nSPS) is 22.6. The molecule has 22 heavy (non-hydrogen) atoms. The zero-order chi connectivity index (χ0) is 15.5. The minimum atomic E-state index is -0.474. The number of nitrogens with one attached hydrogen (secondary N) is 1. The van der Waals surface area contributed by atoms with Crippen LogP contribution in [0, 0.1) is 0 Å². The van der Waals surface area contributed by atoms with Crippen molar-refractivity contribution < 1.29 is 14.4 Å². The second-order valence-corrected chi connectivity index (χ2v) is 6.50. The van der Waals surface area contributed by atoms with Gasteiger partial charge in [0, 0.05) is 43.5 Å². The molecule has 0 spiro atoms. The molecule has 2 saturated heterocycles. The van der Waals surface area contributed by atoms with E-state index in [1.807, 2.05) is 5.38 Å². The zero-order valence-electron chi connectivity index (χ0n) is 12.2. The van der Waals surface area contributed by atoms with Gasteiger partial charge in [-0.2, -0.15) is 0 Å². The Morgan fingerprint density at radius 3 is 3.00 bits per heavy atom. The van der Waals surface area contributed by atoms with Gasteiger partial charge in [-0.3, -0.25) is 14.9 Å². The Hall–Kier alpha value is -1.96. The number of imide groups is 1. The molecule has 0 aliphatic carbocycles. The van der Waals surface area contributed by atoms with E-state index in [1.54, 1.807) is 22.4 Å². The third kappa shape index (κ3) is 3.27. The van der Waals surface area contributed by atoms with E-state index in [9.17, 15) is 14.4 Å². The van der Waals surface area contributed by atoms with E-state index >= 15 is 0 Å². The summed E-state index contributed by atoms with van der Waals surface area (Å²) in [6, 6.07) is -0.474. The van der Waals surface area contributed by atoms with Crippen molar-refractivity contribution in [2.75, 3.05) is 26.2 Å². The molecule has 118 valence electrons. The van der Waals surface area contributed by atoms with Gasteiger partial charge in [0.1, 0.15) is 6.54 Å². The number of hydrogen-bond donors (Lipinski definition) is 1. The highest BCUT2D eigenvalue weighted by molar-refractivity contribution is 7.09. The van der Waals surface area contributed by atoms with Crippen LogP contribution in [0.15, 0.2) is 11.6 Å². The molecule has 0 saturated carbocycles. The van der Waals surface area contributed by atoms with E-state index in [0.717, 1.165) is 24.4 Å². The number of piperidine rings is 1. The minimum Gasteiger partial charge on any atom is -0.340 e. The summed E-state index contributed by atoms with van der Waals surface area (Å²) in [5.74, 6) is -0.0595. The van der Waals surface area contributed by atoms with Gasteiger partial charge in [-0.05, 0) is 12.8 Å². The fourth-order valence-electron chi connectivity index (χ4n) is 2.85. The number of thiazole rings is 1. The van der Waals surface area contributed by atoms with Gasteiger partial charge in [-0.1, -0.05) is 0 Å². The topological polar surface area (TPSA) is 82.6 Å². The lowest BCUT2D eigenvalue weighted by Crippen LogP contribution is -2.53. The first-order chi connectivity index (χ1) is 10.6. The van der Waals surface area contributed by atoms with Crippen molar-refractivity contribution in [3.8, 4) is 0 Å². The van der Waals surface area contributed by atoms with E-state index in [0.29, 0.717) is 13.1 Å². The Morgan fingerprint density at radius 1 is 1.41 bits per heavy atom. The van der Waals surface area contributed by atoms with E-state index < -0.39 is 6.03 Å². The molecule has 0 bridgehead atoms. The largest absolute Gasteiger partial charge is 0.340 e. The molecule has 8 heteroatoms. The third-order valence-corrected chi connectivity index (χ3v) is 4.98. The van der Waals surface area contributed by atoms with Crippen molar-refractivity contribution in [3.63, 3.8) is 0 Å². The number of carbonyl (C=O) groups excluding carboxylic acids is 3. The average molecular weight is 322 g/mol. The van der Waals surface area contributed by atoms with Crippen molar-refractivity contribution in [1.82, 2.24) is 20.1 Å². The fraction of sp³-hybridized carbons (Fsp3) is 0.571. The molecular weight excluding hydrogens is 304 g/mol. The van der Waals surface area contributed by atoms with Crippen LogP contribution in [0.1, 0.15) is 30.2 Å². The minimum absolute atomic E-state index is 0.0315. The maximum atomic E-state index is 12.4. The predicted octanol–water partition coefficient (Wildman–Crippen LogP) is 0.791. The number of nitrogens with zero attached hydrogens (tertiary/aromatic N) is 3. The van der Waals surface area contributed by atoms with Crippen LogP contribution in [0.3, 0.4) is 0 Å². The number of aromatic nitrogens is 1. The summed E-state index contributed by atoms with van der Waals surface area (Å²) in [5, 5.41) is 5.26. The molecule has 0 radical (unpaired) electrons. The molecule has 2 fully saturated rings. The molecule has 3 heterocycles. The van der Waals surface area contributed by atoms with Crippen molar-refractivity contribution in [2.24, 2.45) is 0 Å². The number of amides is 4. The van der Waals surface area contributed by atoms with Crippen LogP contribution < -0.4 is 5.32 Å². The Balaban J connectivity index is 1.58. The van der Waals surface area contributed by atoms with Crippen LogP contribution in [0.2, 0.25) is 0 Å². The number of hydrogen-bond acceptors (Lipinski definition) is 5. The van der Waals surface area contributed by atoms with Crippen LogP contribution in [-0.4, -0.2) is 58.8 Å². The van der Waals surface area contributed by atoms with Crippen LogP contribution in [-0.2, 0) is 9.59 Å². The Kier molecular flexibility index (Phi) is 4.37. The second kappa shape index (κ2) is 6.43. The molecule has 1 aromatic heterocycles. The van der Waals surface area contributed by atoms with Crippen LogP contribution in [0.5, 0.6) is 0 Å². The maximum absolute atomic E-state index is 12.4. The smallest absolute Gasteiger partial charge is 0.324 e. The molecule has 2 aliphatic rings. The van der Waals surface area contributed by atoms with E-state index in [2.05, 4.69) is 10.3 Å². The first-order valence-electron chi connectivity index (χ1n) is 7.39. The number of urea groups is 1. The van der Waals surface area contributed by atoms with Crippen LogP contribution >= 0.6 is 11.3 Å². The van der Waals surface area contributed by atoms with Crippen molar-refractivity contribution in [1.29, 1.82) is 0 Å². The Morgan fingerprint density at radius 2 is 2.27 bits per heavy atom. The lowest BCUT2D eigenvalue weighted by atomic mass is 9.98. The standard InChI is InChI=1S/C14H18N4O3S/c19-11-3-6-18(14(21)16-11)9-12(20)17-5-1-2-10(8-17)13-15-4-7-22-13/h4,7,10H,1-3,5-6,8-9H2,(H,16,19,21)/t10-/m0/s1. The van der Waals surface area contributed by atoms with Crippen molar-refractivity contribution in [2.45, 2.75) is 25.2 Å². The second-order valence-electron chi connectivity index (χ2n) is 5.57. The van der Waals surface area contributed by atoms with Gasteiger partial charge in [-0.25, -0.2) is 9.78 Å². The van der Waals surface area contributed by atoms with E-state index in [4.69, 9.17) is 0 Å². The molecule has 1 atom stereocenters. The highest BCUT2D eigenvalue weighted by atomic mass is 32.1. The average Bonchev–Trinajstić information content (AvgIpc) is 3.04. The van der Waals surface area contributed by atoms with Gasteiger partial charge in [-0.15, -0.1) is 11.3 Å². The van der Waals surface area contributed by atoms with Crippen LogP contribution in [0.4, 0.5) is 4.79 Å². The highest BCUT2D eigenvalue weighted by Crippen LogP contribution is 2.28. The first-order valence-corrected chi connectivity index (χ1v) is 8.27. The van der Waals surface area contributed by atoms with Gasteiger partial charge in [0.05, 0.1) is 5.01 Å². The summed E-state index contributed by atoms with van der Waals surface area (Å²) in [4.78, 5) is 42.8. The molecule has 4 amide bonds. The Labute approximate surface area is 132 Å². The predicted molar refractivity (Wildman–Crippen MR) is 80.4 cm³/mol. The highest BCUT2D eigenvalue weighted by Gasteiger charge is 2.30. The Bertz CT molecular complexity index is 575. The summed E-state index contributed by atoms with van der Waals surface area (Å²) in [6.45, 7) is 1.71. The monoisotopic (exact) mass is 322 g/mol. The summed E-state index contributed by atoms with van der Waals surface area (Å²) >= 11 is 1.62. The van der Waals surface area contributed by atoms with Crippen LogP contribution in [0.25, 0.3) is 0 Å². The van der Waals surface area contributed by atoms with Gasteiger partial charge in [0.2, 0.25) is 11.8 Å². The number of rotatable bonds is 3. The van der Waals surface area contributed by atoms with E-state index in [1.165, 1.54) is 4.90 Å². The first kappa shape index (κ1) is 15.0. The zero-order valence-corrected chi connectivity index (χ0v) is 13.0. The molecule has 3 rings (SSSR count). The summed E-state index contributed by atoms with van der Waals surface area (Å²) in [6.07, 6.45) is 4.02. The lowest BCUT2D eigenvalue weighted by molar-refractivity contribution is -0.134. The lowest BCUT2D eigenvalue weighted by Gasteiger charge is -2.34. The SMILES string of the molecule is O=C1CCN(CC(=O)N2CCC[C@H](c3nccs3)C2)C(=O)N1. The third-order valence-electron chi connectivity index (χ3n) is 4.04. The van der Waals surface area contributed by atoms with Gasteiger partial charge in [0.25, 0.3) is 0 Å². The van der Waals surface area contributed by atoms with Gasteiger partial charge in [0.15, 0.2) is 0 Å². The summed E-state index contributed by atoms with van der Waals surface area (Å²) in [7, 11) is 0. The van der Waals surface area contributed by atoms with E-state index in [-0.39, 0.29) is 30.7 Å². The molecule has 7 nitrogen and oxygen atoms in total. The molecule has 2 aliphatic heterocycles. The van der Waals surface area contributed by atoms with Crippen molar-refractivity contribution in [3.05, 3.63) is 16.6 Å². The van der Waals surface area contributed by atoms with Gasteiger partial charge >= 0.3 is 6.03 Å². The molecule has 1 aromatic rings. The molecule has 0 aromatic carbocycles. The molecular formula is C14H18N4O3S. The van der Waals surface area contributed by atoms with Crippen molar-refractivity contribution >= 4 is 29.2 Å². The number of carbonyl (C=O) groups is 3. The summed E-state index contributed by atoms with van der Waals surface area (Å²) < 4.78 is 0. The maximum Gasteiger partial charge on any atom is 0.324 e.